The summed E-state index contributed by atoms with van der Waals surface area (Å²) in [7, 11) is 0. The van der Waals surface area contributed by atoms with Crippen molar-refractivity contribution in [2.75, 3.05) is 0 Å². The van der Waals surface area contributed by atoms with Crippen molar-refractivity contribution in [2.24, 2.45) is 41.4 Å². The summed E-state index contributed by atoms with van der Waals surface area (Å²) in [4.78, 5) is 25.5. The fraction of sp³-hybridized carbons (Fsp3) is 0.917. The van der Waals surface area contributed by atoms with Gasteiger partial charge in [0.2, 0.25) is 0 Å². The summed E-state index contributed by atoms with van der Waals surface area (Å²) >= 11 is 0. The molecule has 7 unspecified atom stereocenters. The second kappa shape index (κ2) is 10.1. The van der Waals surface area contributed by atoms with Gasteiger partial charge in [-0.3, -0.25) is 4.79 Å². The molecule has 0 amide bonds. The van der Waals surface area contributed by atoms with E-state index in [4.69, 9.17) is 9.47 Å². The number of ether oxygens (including phenoxy) is 2. The number of esters is 2. The van der Waals surface area contributed by atoms with Gasteiger partial charge in [0.05, 0.1) is 5.92 Å². The molecule has 162 valence electrons. The third kappa shape index (κ3) is 5.97. The standard InChI is InChI=1S/C24H42O4/c1-14(2)19-10-8-16(5)12-21(19)24(26)27-18(7)23(25)28-22-13-17(6)9-11-20(22)15(3)4/h14-22H,8-13H2,1-7H3. The van der Waals surface area contributed by atoms with E-state index in [0.29, 0.717) is 35.5 Å². The van der Waals surface area contributed by atoms with Crippen molar-refractivity contribution in [2.45, 2.75) is 99.2 Å². The highest BCUT2D eigenvalue weighted by Gasteiger charge is 2.39. The molecule has 0 aromatic rings. The van der Waals surface area contributed by atoms with Crippen LogP contribution < -0.4 is 0 Å². The summed E-state index contributed by atoms with van der Waals surface area (Å²) in [6, 6.07) is 0. The second-order valence-corrected chi connectivity index (χ2v) is 10.3. The topological polar surface area (TPSA) is 52.6 Å². The minimum atomic E-state index is -0.831. The highest BCUT2D eigenvalue weighted by molar-refractivity contribution is 5.80. The maximum atomic E-state index is 12.9. The molecular formula is C24H42O4. The first kappa shape index (κ1) is 23.2. The Morgan fingerprint density at radius 3 is 1.89 bits per heavy atom. The summed E-state index contributed by atoms with van der Waals surface area (Å²) in [5, 5.41) is 0. The summed E-state index contributed by atoms with van der Waals surface area (Å²) in [6.45, 7) is 14.8. The Hall–Kier alpha value is -1.06. The highest BCUT2D eigenvalue weighted by Crippen LogP contribution is 2.39. The average Bonchev–Trinajstić information content (AvgIpc) is 2.60. The van der Waals surface area contributed by atoms with Crippen molar-refractivity contribution in [1.29, 1.82) is 0 Å². The van der Waals surface area contributed by atoms with E-state index in [0.717, 1.165) is 25.7 Å². The van der Waals surface area contributed by atoms with Crippen LogP contribution in [0.4, 0.5) is 0 Å². The summed E-state index contributed by atoms with van der Waals surface area (Å²) in [5.74, 6) is 2.07. The zero-order chi connectivity index (χ0) is 21.0. The van der Waals surface area contributed by atoms with Crippen LogP contribution in [-0.4, -0.2) is 24.1 Å². The Bertz CT molecular complexity index is 527. The molecule has 2 rings (SSSR count). The van der Waals surface area contributed by atoms with Crippen LogP contribution in [0.25, 0.3) is 0 Å². The third-order valence-electron chi connectivity index (χ3n) is 7.18. The quantitative estimate of drug-likeness (QED) is 0.548. The molecule has 4 nitrogen and oxygen atoms in total. The lowest BCUT2D eigenvalue weighted by molar-refractivity contribution is -0.178. The predicted molar refractivity (Wildman–Crippen MR) is 112 cm³/mol. The summed E-state index contributed by atoms with van der Waals surface area (Å²) < 4.78 is 11.5. The van der Waals surface area contributed by atoms with Gasteiger partial charge in [0.1, 0.15) is 6.10 Å². The first-order chi connectivity index (χ1) is 13.1. The van der Waals surface area contributed by atoms with Gasteiger partial charge in [0, 0.05) is 0 Å². The lowest BCUT2D eigenvalue weighted by Gasteiger charge is -2.37. The SMILES string of the molecule is CC1CCC(C(C)C)C(OC(=O)C(C)OC(=O)C2CC(C)CCC2C(C)C)C1. The van der Waals surface area contributed by atoms with Crippen molar-refractivity contribution in [3.05, 3.63) is 0 Å². The zero-order valence-electron chi connectivity index (χ0n) is 19.1. The van der Waals surface area contributed by atoms with Crippen molar-refractivity contribution in [3.63, 3.8) is 0 Å². The van der Waals surface area contributed by atoms with Crippen LogP contribution in [0.5, 0.6) is 0 Å². The van der Waals surface area contributed by atoms with E-state index < -0.39 is 6.10 Å². The van der Waals surface area contributed by atoms with E-state index in [2.05, 4.69) is 41.5 Å². The fourth-order valence-electron chi connectivity index (χ4n) is 5.28. The largest absolute Gasteiger partial charge is 0.459 e. The van der Waals surface area contributed by atoms with Crippen LogP contribution in [0.3, 0.4) is 0 Å². The second-order valence-electron chi connectivity index (χ2n) is 10.3. The third-order valence-corrected chi connectivity index (χ3v) is 7.18. The molecule has 0 aromatic heterocycles. The lowest BCUT2D eigenvalue weighted by Crippen LogP contribution is -2.40. The monoisotopic (exact) mass is 394 g/mol. The van der Waals surface area contributed by atoms with Gasteiger partial charge in [0.25, 0.3) is 0 Å². The van der Waals surface area contributed by atoms with Crippen molar-refractivity contribution >= 4 is 11.9 Å². The van der Waals surface area contributed by atoms with Crippen LogP contribution in [0, 0.1) is 41.4 Å². The summed E-state index contributed by atoms with van der Waals surface area (Å²) in [6.07, 6.45) is 5.40. The maximum absolute atomic E-state index is 12.9. The number of hydrogen-bond donors (Lipinski definition) is 0. The molecule has 2 aliphatic carbocycles. The van der Waals surface area contributed by atoms with Crippen LogP contribution in [-0.2, 0) is 19.1 Å². The van der Waals surface area contributed by atoms with E-state index in [1.165, 1.54) is 12.8 Å². The maximum Gasteiger partial charge on any atom is 0.347 e. The molecule has 0 N–H and O–H groups in total. The molecule has 0 spiro atoms. The molecular weight excluding hydrogens is 352 g/mol. The number of hydrogen-bond acceptors (Lipinski definition) is 4. The zero-order valence-corrected chi connectivity index (χ0v) is 19.1. The number of carbonyl (C=O) groups is 2. The van der Waals surface area contributed by atoms with Gasteiger partial charge in [-0.1, -0.05) is 54.4 Å². The Morgan fingerprint density at radius 1 is 0.786 bits per heavy atom. The molecule has 0 aromatic carbocycles. The molecule has 0 heterocycles. The normalized spacial score (nSPS) is 34.9. The van der Waals surface area contributed by atoms with Gasteiger partial charge < -0.3 is 9.47 Å². The van der Waals surface area contributed by atoms with Gasteiger partial charge in [-0.2, -0.15) is 0 Å². The van der Waals surface area contributed by atoms with Gasteiger partial charge in [-0.15, -0.1) is 0 Å². The first-order valence-electron chi connectivity index (χ1n) is 11.5. The highest BCUT2D eigenvalue weighted by atomic mass is 16.6. The minimum absolute atomic E-state index is 0.0597. The number of carbonyl (C=O) groups excluding carboxylic acids is 2. The van der Waals surface area contributed by atoms with E-state index >= 15 is 0 Å². The van der Waals surface area contributed by atoms with Crippen LogP contribution in [0.2, 0.25) is 0 Å². The van der Waals surface area contributed by atoms with E-state index in [9.17, 15) is 9.59 Å². The molecule has 7 atom stereocenters. The van der Waals surface area contributed by atoms with E-state index in [1.807, 2.05) is 0 Å². The van der Waals surface area contributed by atoms with Crippen molar-refractivity contribution in [3.8, 4) is 0 Å². The van der Waals surface area contributed by atoms with Crippen LogP contribution >= 0.6 is 0 Å². The Balaban J connectivity index is 1.95. The van der Waals surface area contributed by atoms with Crippen molar-refractivity contribution < 1.29 is 19.1 Å². The van der Waals surface area contributed by atoms with Gasteiger partial charge in [0.15, 0.2) is 6.10 Å². The molecule has 2 aliphatic rings. The summed E-state index contributed by atoms with van der Waals surface area (Å²) in [5.41, 5.74) is 0. The lowest BCUT2D eigenvalue weighted by atomic mass is 9.70. The molecule has 2 saturated carbocycles. The van der Waals surface area contributed by atoms with Gasteiger partial charge >= 0.3 is 11.9 Å². The average molecular weight is 395 g/mol. The Labute approximate surface area is 172 Å². The van der Waals surface area contributed by atoms with Gasteiger partial charge in [-0.05, 0) is 68.1 Å². The van der Waals surface area contributed by atoms with Gasteiger partial charge in [-0.25, -0.2) is 4.79 Å². The van der Waals surface area contributed by atoms with Crippen molar-refractivity contribution in [1.82, 2.24) is 0 Å². The van der Waals surface area contributed by atoms with Crippen LogP contribution in [0.15, 0.2) is 0 Å². The smallest absolute Gasteiger partial charge is 0.347 e. The number of rotatable bonds is 6. The van der Waals surface area contributed by atoms with Crippen LogP contribution in [0.1, 0.15) is 87.0 Å². The Kier molecular flexibility index (Phi) is 8.39. The van der Waals surface area contributed by atoms with E-state index in [-0.39, 0.29) is 24.0 Å². The molecule has 0 aliphatic heterocycles. The molecule has 0 bridgehead atoms. The first-order valence-corrected chi connectivity index (χ1v) is 11.5. The fourth-order valence-corrected chi connectivity index (χ4v) is 5.28. The molecule has 0 saturated heterocycles. The molecule has 28 heavy (non-hydrogen) atoms. The Morgan fingerprint density at radius 2 is 1.32 bits per heavy atom. The molecule has 0 radical (unpaired) electrons. The molecule has 2 fully saturated rings. The minimum Gasteiger partial charge on any atom is -0.459 e. The predicted octanol–water partition coefficient (Wildman–Crippen LogP) is 5.63. The van der Waals surface area contributed by atoms with E-state index in [1.54, 1.807) is 6.92 Å². The molecule has 4 heteroatoms.